The molecule has 0 aliphatic carbocycles. The van der Waals surface area contributed by atoms with Crippen molar-refractivity contribution in [1.82, 2.24) is 0 Å². The van der Waals surface area contributed by atoms with Crippen LogP contribution >= 0.6 is 0 Å². The lowest BCUT2D eigenvalue weighted by molar-refractivity contribution is 1.52. The molecule has 1 nitrogen and oxygen atoms in total. The van der Waals surface area contributed by atoms with Gasteiger partial charge in [-0.1, -0.05) is 72.8 Å². The third-order valence-electron chi connectivity index (χ3n) is 3.15. The molecule has 3 aromatic carbocycles. The van der Waals surface area contributed by atoms with Crippen LogP contribution in [0.5, 0.6) is 0 Å². The van der Waals surface area contributed by atoms with Crippen LogP contribution < -0.4 is 0 Å². The van der Waals surface area contributed by atoms with Gasteiger partial charge in [0.2, 0.25) is 0 Å². The van der Waals surface area contributed by atoms with Crippen molar-refractivity contribution in [2.45, 2.75) is 0 Å². The Morgan fingerprint density at radius 3 is 1.95 bits per heavy atom. The van der Waals surface area contributed by atoms with E-state index in [0.717, 1.165) is 11.3 Å². The largest absolute Gasteiger partial charge is 0.256 e. The second-order valence-corrected chi connectivity index (χ2v) is 4.55. The minimum atomic E-state index is 0.968. The Morgan fingerprint density at radius 2 is 1.20 bits per heavy atom. The quantitative estimate of drug-likeness (QED) is 0.578. The molecule has 0 bridgehead atoms. The highest BCUT2D eigenvalue weighted by atomic mass is 14.7. The average molecular weight is 257 g/mol. The zero-order valence-corrected chi connectivity index (χ0v) is 11.1. The normalized spacial score (nSPS) is 10.8. The SMILES string of the molecule is C(=Nc1ccccc1)c1ccccc1-c1ccccc1. The summed E-state index contributed by atoms with van der Waals surface area (Å²) in [5.74, 6) is 0. The molecule has 0 saturated carbocycles. The molecule has 0 aromatic heterocycles. The zero-order valence-electron chi connectivity index (χ0n) is 11.1. The number of aliphatic imine (C=N–C) groups is 1. The van der Waals surface area contributed by atoms with Crippen molar-refractivity contribution in [2.75, 3.05) is 0 Å². The van der Waals surface area contributed by atoms with Gasteiger partial charge in [0.15, 0.2) is 0 Å². The average Bonchev–Trinajstić information content (AvgIpc) is 2.55. The van der Waals surface area contributed by atoms with Crippen molar-refractivity contribution in [3.05, 3.63) is 90.5 Å². The lowest BCUT2D eigenvalue weighted by Crippen LogP contribution is -1.87. The van der Waals surface area contributed by atoms with Crippen LogP contribution in [-0.4, -0.2) is 6.21 Å². The molecule has 0 radical (unpaired) electrons. The van der Waals surface area contributed by atoms with Gasteiger partial charge in [-0.05, 0) is 23.3 Å². The number of para-hydroxylation sites is 1. The second kappa shape index (κ2) is 5.98. The molecule has 0 fully saturated rings. The zero-order chi connectivity index (χ0) is 13.6. The highest BCUT2D eigenvalue weighted by molar-refractivity contribution is 5.91. The second-order valence-electron chi connectivity index (χ2n) is 4.55. The van der Waals surface area contributed by atoms with Crippen molar-refractivity contribution in [2.24, 2.45) is 4.99 Å². The molecule has 20 heavy (non-hydrogen) atoms. The third-order valence-corrected chi connectivity index (χ3v) is 3.15. The van der Waals surface area contributed by atoms with Gasteiger partial charge in [-0.2, -0.15) is 0 Å². The molecule has 0 saturated heterocycles. The Hall–Kier alpha value is -2.67. The Kier molecular flexibility index (Phi) is 3.70. The topological polar surface area (TPSA) is 12.4 Å². The summed E-state index contributed by atoms with van der Waals surface area (Å²) in [6.45, 7) is 0. The maximum atomic E-state index is 4.54. The van der Waals surface area contributed by atoms with E-state index in [1.807, 2.05) is 48.7 Å². The van der Waals surface area contributed by atoms with E-state index < -0.39 is 0 Å². The summed E-state index contributed by atoms with van der Waals surface area (Å²) in [6, 6.07) is 28.7. The molecule has 1 heteroatoms. The molecule has 0 aliphatic heterocycles. The van der Waals surface area contributed by atoms with Crippen molar-refractivity contribution < 1.29 is 0 Å². The monoisotopic (exact) mass is 257 g/mol. The number of benzene rings is 3. The first-order chi connectivity index (χ1) is 9.93. The predicted octanol–water partition coefficient (Wildman–Crippen LogP) is 5.10. The van der Waals surface area contributed by atoms with E-state index in [1.165, 1.54) is 11.1 Å². The van der Waals surface area contributed by atoms with Crippen LogP contribution in [0.15, 0.2) is 89.9 Å². The van der Waals surface area contributed by atoms with Crippen LogP contribution in [0, 0.1) is 0 Å². The van der Waals surface area contributed by atoms with E-state index in [4.69, 9.17) is 0 Å². The van der Waals surface area contributed by atoms with Gasteiger partial charge < -0.3 is 0 Å². The lowest BCUT2D eigenvalue weighted by Gasteiger charge is -2.05. The molecule has 3 rings (SSSR count). The molecule has 3 aromatic rings. The van der Waals surface area contributed by atoms with Crippen LogP contribution in [-0.2, 0) is 0 Å². The summed E-state index contributed by atoms with van der Waals surface area (Å²) in [6.07, 6.45) is 1.93. The van der Waals surface area contributed by atoms with E-state index in [-0.39, 0.29) is 0 Å². The number of hydrogen-bond donors (Lipinski definition) is 0. The smallest absolute Gasteiger partial charge is 0.0629 e. The van der Waals surface area contributed by atoms with E-state index in [9.17, 15) is 0 Å². The maximum absolute atomic E-state index is 4.54. The number of rotatable bonds is 3. The van der Waals surface area contributed by atoms with Gasteiger partial charge >= 0.3 is 0 Å². The van der Waals surface area contributed by atoms with E-state index >= 15 is 0 Å². The fraction of sp³-hybridized carbons (Fsp3) is 0. The molecule has 0 aliphatic rings. The van der Waals surface area contributed by atoms with Gasteiger partial charge in [0.1, 0.15) is 0 Å². The first-order valence-electron chi connectivity index (χ1n) is 6.67. The molecule has 96 valence electrons. The fourth-order valence-electron chi connectivity index (χ4n) is 2.15. The Bertz CT molecular complexity index is 700. The van der Waals surface area contributed by atoms with E-state index in [2.05, 4.69) is 47.5 Å². The van der Waals surface area contributed by atoms with E-state index in [1.54, 1.807) is 0 Å². The summed E-state index contributed by atoms with van der Waals surface area (Å²) in [7, 11) is 0. The summed E-state index contributed by atoms with van der Waals surface area (Å²) in [5.41, 5.74) is 4.51. The van der Waals surface area contributed by atoms with E-state index in [0.29, 0.717) is 0 Å². The Labute approximate surface area is 119 Å². The summed E-state index contributed by atoms with van der Waals surface area (Å²) in [4.78, 5) is 4.54. The van der Waals surface area contributed by atoms with Crippen LogP contribution in [0.3, 0.4) is 0 Å². The van der Waals surface area contributed by atoms with Crippen molar-refractivity contribution >= 4 is 11.9 Å². The van der Waals surface area contributed by atoms with Gasteiger partial charge in [0, 0.05) is 11.8 Å². The highest BCUT2D eigenvalue weighted by Crippen LogP contribution is 2.22. The molecule has 0 atom stereocenters. The molecular formula is C19H15N. The Morgan fingerprint density at radius 1 is 0.600 bits per heavy atom. The van der Waals surface area contributed by atoms with Crippen LogP contribution in [0.1, 0.15) is 5.56 Å². The Balaban J connectivity index is 1.97. The minimum absolute atomic E-state index is 0.968. The molecule has 0 heterocycles. The molecule has 0 unspecified atom stereocenters. The van der Waals surface area contributed by atoms with Gasteiger partial charge in [0.25, 0.3) is 0 Å². The van der Waals surface area contributed by atoms with Crippen LogP contribution in [0.2, 0.25) is 0 Å². The van der Waals surface area contributed by atoms with Gasteiger partial charge in [-0.15, -0.1) is 0 Å². The highest BCUT2D eigenvalue weighted by Gasteiger charge is 2.01. The summed E-state index contributed by atoms with van der Waals surface area (Å²) < 4.78 is 0. The molecule has 0 spiro atoms. The molecule has 0 N–H and O–H groups in total. The number of nitrogens with zero attached hydrogens (tertiary/aromatic N) is 1. The van der Waals surface area contributed by atoms with Crippen LogP contribution in [0.4, 0.5) is 5.69 Å². The maximum Gasteiger partial charge on any atom is 0.0629 e. The van der Waals surface area contributed by atoms with Crippen molar-refractivity contribution in [3.63, 3.8) is 0 Å². The third kappa shape index (κ3) is 2.83. The molecule has 0 amide bonds. The van der Waals surface area contributed by atoms with Crippen molar-refractivity contribution in [1.29, 1.82) is 0 Å². The first-order valence-corrected chi connectivity index (χ1v) is 6.67. The summed E-state index contributed by atoms with van der Waals surface area (Å²) in [5, 5.41) is 0. The van der Waals surface area contributed by atoms with Crippen molar-refractivity contribution in [3.8, 4) is 11.1 Å². The molecular weight excluding hydrogens is 242 g/mol. The summed E-state index contributed by atoms with van der Waals surface area (Å²) >= 11 is 0. The van der Waals surface area contributed by atoms with Crippen LogP contribution in [0.25, 0.3) is 11.1 Å². The fourth-order valence-corrected chi connectivity index (χ4v) is 2.15. The number of hydrogen-bond acceptors (Lipinski definition) is 1. The van der Waals surface area contributed by atoms with Gasteiger partial charge in [-0.3, -0.25) is 4.99 Å². The lowest BCUT2D eigenvalue weighted by atomic mass is 10.0. The predicted molar refractivity (Wildman–Crippen MR) is 85.6 cm³/mol. The van der Waals surface area contributed by atoms with Gasteiger partial charge in [0.05, 0.1) is 5.69 Å². The standard InChI is InChI=1S/C19H15N/c1-3-9-16(10-4-1)19-14-8-7-11-17(19)15-20-18-12-5-2-6-13-18/h1-15H. The first kappa shape index (κ1) is 12.4. The van der Waals surface area contributed by atoms with Gasteiger partial charge in [-0.25, -0.2) is 0 Å². The minimum Gasteiger partial charge on any atom is -0.256 e.